The molecule has 0 unspecified atom stereocenters. The highest BCUT2D eigenvalue weighted by Crippen LogP contribution is 2.17. The lowest BCUT2D eigenvalue weighted by Gasteiger charge is -2.28. The zero-order valence-corrected chi connectivity index (χ0v) is 12.2. The molecule has 1 aromatic carbocycles. The molecule has 1 heterocycles. The van der Waals surface area contributed by atoms with Crippen molar-refractivity contribution in [3.8, 4) is 6.07 Å². The maximum atomic E-state index is 11.8. The van der Waals surface area contributed by atoms with Gasteiger partial charge in [-0.2, -0.15) is 5.26 Å². The summed E-state index contributed by atoms with van der Waals surface area (Å²) in [6.45, 7) is 5.54. The molecule has 0 spiro atoms. The molecule has 108 valence electrons. The van der Waals surface area contributed by atoms with Gasteiger partial charge in [-0.05, 0) is 18.4 Å². The van der Waals surface area contributed by atoms with E-state index in [0.717, 1.165) is 18.4 Å². The summed E-state index contributed by atoms with van der Waals surface area (Å²) in [6, 6.07) is 11.9. The van der Waals surface area contributed by atoms with Crippen LogP contribution >= 0.6 is 0 Å². The number of ether oxygens (including phenoxy) is 1. The van der Waals surface area contributed by atoms with Crippen LogP contribution in [0.25, 0.3) is 0 Å². The van der Waals surface area contributed by atoms with Crippen LogP contribution < -0.4 is 0 Å². The maximum absolute atomic E-state index is 11.8. The van der Waals surface area contributed by atoms with Gasteiger partial charge >= 0.3 is 6.09 Å². The van der Waals surface area contributed by atoms with Crippen LogP contribution in [0.5, 0.6) is 0 Å². The summed E-state index contributed by atoms with van der Waals surface area (Å²) < 4.78 is 5.24. The maximum Gasteiger partial charge on any atom is 0.410 e. The number of carbonyl (C=O) groups is 1. The number of rotatable bonds is 2. The molecule has 1 aromatic rings. The monoisotopic (exact) mass is 274 g/mol. The van der Waals surface area contributed by atoms with Gasteiger partial charge < -0.3 is 9.64 Å². The summed E-state index contributed by atoms with van der Waals surface area (Å²) in [7, 11) is 0. The van der Waals surface area contributed by atoms with Crippen molar-refractivity contribution in [1.29, 1.82) is 5.26 Å². The Hall–Kier alpha value is -2.02. The number of hydrogen-bond donors (Lipinski definition) is 0. The molecule has 20 heavy (non-hydrogen) atoms. The highest BCUT2D eigenvalue weighted by Gasteiger charge is 2.23. The van der Waals surface area contributed by atoms with Crippen molar-refractivity contribution in [1.82, 2.24) is 4.90 Å². The van der Waals surface area contributed by atoms with Crippen molar-refractivity contribution in [2.24, 2.45) is 5.92 Å². The molecule has 2 rings (SSSR count). The second-order valence-corrected chi connectivity index (χ2v) is 4.43. The summed E-state index contributed by atoms with van der Waals surface area (Å²) in [5.41, 5.74) is 0.984. The number of piperidine rings is 1. The summed E-state index contributed by atoms with van der Waals surface area (Å²) in [5.74, 6) is 0.0863. The number of carbonyl (C=O) groups excluding carboxylic acids is 1. The highest BCUT2D eigenvalue weighted by atomic mass is 16.6. The predicted molar refractivity (Wildman–Crippen MR) is 77.9 cm³/mol. The number of likely N-dealkylation sites (tertiary alicyclic amines) is 1. The average molecular weight is 274 g/mol. The van der Waals surface area contributed by atoms with Crippen LogP contribution in [-0.2, 0) is 11.3 Å². The average Bonchev–Trinajstić information content (AvgIpc) is 2.55. The van der Waals surface area contributed by atoms with Crippen molar-refractivity contribution >= 4 is 6.09 Å². The molecule has 0 saturated carbocycles. The molecular formula is C16H22N2O2. The van der Waals surface area contributed by atoms with Crippen LogP contribution in [0.2, 0.25) is 0 Å². The lowest BCUT2D eigenvalue weighted by atomic mass is 9.99. The first-order valence-electron chi connectivity index (χ1n) is 7.15. The molecule has 0 aliphatic carbocycles. The molecule has 1 saturated heterocycles. The van der Waals surface area contributed by atoms with Gasteiger partial charge in [0.25, 0.3) is 0 Å². The van der Waals surface area contributed by atoms with Gasteiger partial charge in [-0.3, -0.25) is 0 Å². The number of hydrogen-bond acceptors (Lipinski definition) is 3. The summed E-state index contributed by atoms with van der Waals surface area (Å²) in [6.07, 6.45) is 1.21. The van der Waals surface area contributed by atoms with E-state index in [0.29, 0.717) is 19.7 Å². The number of benzene rings is 1. The van der Waals surface area contributed by atoms with Crippen LogP contribution in [0.15, 0.2) is 30.3 Å². The van der Waals surface area contributed by atoms with E-state index in [9.17, 15) is 4.79 Å². The SMILES string of the molecule is CC.N#CC1CCN(C(=O)OCc2ccccc2)CC1. The fraction of sp³-hybridized carbons (Fsp3) is 0.500. The van der Waals surface area contributed by atoms with E-state index < -0.39 is 0 Å². The van der Waals surface area contributed by atoms with E-state index in [1.165, 1.54) is 0 Å². The number of nitrogens with zero attached hydrogens (tertiary/aromatic N) is 2. The lowest BCUT2D eigenvalue weighted by Crippen LogP contribution is -2.38. The van der Waals surface area contributed by atoms with Crippen molar-refractivity contribution in [2.75, 3.05) is 13.1 Å². The second-order valence-electron chi connectivity index (χ2n) is 4.43. The molecule has 0 aromatic heterocycles. The minimum absolute atomic E-state index is 0.0863. The fourth-order valence-corrected chi connectivity index (χ4v) is 2.00. The van der Waals surface area contributed by atoms with Crippen molar-refractivity contribution in [3.05, 3.63) is 35.9 Å². The van der Waals surface area contributed by atoms with Gasteiger partial charge in [0.1, 0.15) is 6.61 Å². The normalized spacial score (nSPS) is 14.8. The fourth-order valence-electron chi connectivity index (χ4n) is 2.00. The van der Waals surface area contributed by atoms with E-state index in [-0.39, 0.29) is 12.0 Å². The van der Waals surface area contributed by atoms with Gasteiger partial charge in [-0.1, -0.05) is 44.2 Å². The zero-order valence-electron chi connectivity index (χ0n) is 12.2. The van der Waals surface area contributed by atoms with Crippen LogP contribution in [0.1, 0.15) is 32.3 Å². The molecule has 0 N–H and O–H groups in total. The Bertz CT molecular complexity index is 432. The molecule has 1 aliphatic rings. The summed E-state index contributed by atoms with van der Waals surface area (Å²) in [5, 5.41) is 8.78. The minimum Gasteiger partial charge on any atom is -0.445 e. The Morgan fingerprint density at radius 1 is 1.30 bits per heavy atom. The summed E-state index contributed by atoms with van der Waals surface area (Å²) in [4.78, 5) is 13.5. The zero-order chi connectivity index (χ0) is 14.8. The summed E-state index contributed by atoms with van der Waals surface area (Å²) >= 11 is 0. The minimum atomic E-state index is -0.282. The topological polar surface area (TPSA) is 53.3 Å². The highest BCUT2D eigenvalue weighted by molar-refractivity contribution is 5.67. The third-order valence-corrected chi connectivity index (χ3v) is 3.14. The Balaban J connectivity index is 0.000000956. The van der Waals surface area contributed by atoms with Gasteiger partial charge in [0.15, 0.2) is 0 Å². The first kappa shape index (κ1) is 16.0. The first-order valence-corrected chi connectivity index (χ1v) is 7.15. The third kappa shape index (κ3) is 4.93. The smallest absolute Gasteiger partial charge is 0.410 e. The Kier molecular flexibility index (Phi) is 7.20. The molecule has 1 amide bonds. The van der Waals surface area contributed by atoms with Crippen LogP contribution in [0.4, 0.5) is 4.79 Å². The lowest BCUT2D eigenvalue weighted by molar-refractivity contribution is 0.0858. The van der Waals surface area contributed by atoms with Crippen LogP contribution in [-0.4, -0.2) is 24.1 Å². The molecule has 0 bridgehead atoms. The molecule has 0 atom stereocenters. The molecule has 4 heteroatoms. The number of nitriles is 1. The largest absolute Gasteiger partial charge is 0.445 e. The third-order valence-electron chi connectivity index (χ3n) is 3.14. The van der Waals surface area contributed by atoms with Gasteiger partial charge in [-0.25, -0.2) is 4.79 Å². The van der Waals surface area contributed by atoms with Crippen LogP contribution in [0, 0.1) is 17.2 Å². The predicted octanol–water partition coefficient (Wildman–Crippen LogP) is 3.58. The van der Waals surface area contributed by atoms with Crippen molar-refractivity contribution in [2.45, 2.75) is 33.3 Å². The van der Waals surface area contributed by atoms with Gasteiger partial charge in [0.05, 0.1) is 6.07 Å². The molecule has 1 aliphatic heterocycles. The van der Waals surface area contributed by atoms with E-state index in [4.69, 9.17) is 10.00 Å². The Morgan fingerprint density at radius 3 is 2.45 bits per heavy atom. The standard InChI is InChI=1S/C14H16N2O2.C2H6/c15-10-12-6-8-16(9-7-12)14(17)18-11-13-4-2-1-3-5-13;1-2/h1-5,12H,6-9,11H2;1-2H3. The van der Waals surface area contributed by atoms with Gasteiger partial charge in [0.2, 0.25) is 0 Å². The van der Waals surface area contributed by atoms with E-state index in [1.807, 2.05) is 44.2 Å². The molecule has 4 nitrogen and oxygen atoms in total. The Labute approximate surface area is 121 Å². The van der Waals surface area contributed by atoms with E-state index in [1.54, 1.807) is 4.90 Å². The quantitative estimate of drug-likeness (QED) is 0.828. The van der Waals surface area contributed by atoms with E-state index >= 15 is 0 Å². The second kappa shape index (κ2) is 8.98. The van der Waals surface area contributed by atoms with E-state index in [2.05, 4.69) is 6.07 Å². The molecule has 1 fully saturated rings. The van der Waals surface area contributed by atoms with Gasteiger partial charge in [0, 0.05) is 19.0 Å². The number of amides is 1. The van der Waals surface area contributed by atoms with Crippen molar-refractivity contribution in [3.63, 3.8) is 0 Å². The Morgan fingerprint density at radius 2 is 1.90 bits per heavy atom. The van der Waals surface area contributed by atoms with Crippen LogP contribution in [0.3, 0.4) is 0 Å². The van der Waals surface area contributed by atoms with Crippen molar-refractivity contribution < 1.29 is 9.53 Å². The molecular weight excluding hydrogens is 252 g/mol. The van der Waals surface area contributed by atoms with Gasteiger partial charge in [-0.15, -0.1) is 0 Å². The first-order chi connectivity index (χ1) is 9.79. The molecule has 0 radical (unpaired) electrons.